The first kappa shape index (κ1) is 20.9. The highest BCUT2D eigenvalue weighted by atomic mass is 79.9. The number of aromatic carboxylic acids is 1. The van der Waals surface area contributed by atoms with Gasteiger partial charge in [-0.1, -0.05) is 28.1 Å². The first-order chi connectivity index (χ1) is 13.2. The number of carbonyl (C=O) groups is 2. The van der Waals surface area contributed by atoms with E-state index in [1.54, 1.807) is 29.6 Å². The van der Waals surface area contributed by atoms with Gasteiger partial charge in [-0.3, -0.25) is 4.79 Å². The van der Waals surface area contributed by atoms with E-state index in [9.17, 15) is 27.9 Å². The zero-order chi connectivity index (χ0) is 20.5. The van der Waals surface area contributed by atoms with E-state index in [2.05, 4.69) is 21.2 Å². The van der Waals surface area contributed by atoms with Crippen LogP contribution in [0.4, 0.5) is 18.9 Å². The van der Waals surface area contributed by atoms with Gasteiger partial charge in [0.05, 0.1) is 16.5 Å². The van der Waals surface area contributed by atoms with E-state index in [0.717, 1.165) is 4.47 Å². The number of hydrogen-bond donors (Lipinski definition) is 2. The number of alkyl halides is 3. The normalized spacial score (nSPS) is 20.0. The van der Waals surface area contributed by atoms with Crippen molar-refractivity contribution in [1.29, 1.82) is 0 Å². The maximum Gasteiger partial charge on any atom is 0.391 e. The van der Waals surface area contributed by atoms with Crippen molar-refractivity contribution < 1.29 is 27.9 Å². The summed E-state index contributed by atoms with van der Waals surface area (Å²) in [4.78, 5) is 24.8. The number of anilines is 1. The molecule has 0 radical (unpaired) electrons. The van der Waals surface area contributed by atoms with Crippen LogP contribution in [-0.2, 0) is 4.79 Å². The van der Waals surface area contributed by atoms with Crippen LogP contribution in [0, 0.1) is 11.8 Å². The third kappa shape index (κ3) is 4.57. The second kappa shape index (κ2) is 8.24. The van der Waals surface area contributed by atoms with E-state index in [1.807, 2.05) is 0 Å². The zero-order valence-electron chi connectivity index (χ0n) is 14.6. The van der Waals surface area contributed by atoms with Crippen molar-refractivity contribution in [3.05, 3.63) is 39.7 Å². The molecule has 2 N–H and O–H groups in total. The topological polar surface area (TPSA) is 66.4 Å². The van der Waals surface area contributed by atoms with Crippen molar-refractivity contribution in [2.45, 2.75) is 31.9 Å². The molecule has 0 atom stereocenters. The fraction of sp³-hybridized carbons (Fsp3) is 0.368. The van der Waals surface area contributed by atoms with Gasteiger partial charge in [-0.05, 0) is 43.4 Å². The SMILES string of the molecule is O=C(O)c1c(NC(=O)C2CCC(C(F)(F)F)CC2)csc1-c1ccc(Br)cc1. The smallest absolute Gasteiger partial charge is 0.391 e. The van der Waals surface area contributed by atoms with Crippen molar-refractivity contribution in [3.8, 4) is 10.4 Å². The minimum Gasteiger partial charge on any atom is -0.478 e. The summed E-state index contributed by atoms with van der Waals surface area (Å²) in [6.07, 6.45) is -4.11. The predicted molar refractivity (Wildman–Crippen MR) is 105 cm³/mol. The lowest BCUT2D eigenvalue weighted by atomic mass is 9.81. The third-order valence-corrected chi connectivity index (χ3v) is 6.49. The summed E-state index contributed by atoms with van der Waals surface area (Å²) in [5.41, 5.74) is 0.875. The molecule has 2 aromatic rings. The van der Waals surface area contributed by atoms with Crippen LogP contribution in [0.25, 0.3) is 10.4 Å². The standard InChI is InChI=1S/C19H17BrF3NO3S/c20-13-7-3-10(4-8-13)16-15(18(26)27)14(9-28-16)24-17(25)11-1-5-12(6-2-11)19(21,22)23/h3-4,7-9,11-12H,1-2,5-6H2,(H,24,25)(H,26,27). The highest BCUT2D eigenvalue weighted by molar-refractivity contribution is 9.10. The highest BCUT2D eigenvalue weighted by Crippen LogP contribution is 2.41. The maximum atomic E-state index is 12.8. The fourth-order valence-corrected chi connectivity index (χ4v) is 4.66. The van der Waals surface area contributed by atoms with Gasteiger partial charge in [0.25, 0.3) is 0 Å². The van der Waals surface area contributed by atoms with Crippen molar-refractivity contribution in [2.24, 2.45) is 11.8 Å². The lowest BCUT2D eigenvalue weighted by Crippen LogP contribution is -2.32. The molecule has 3 rings (SSSR count). The molecule has 0 spiro atoms. The Morgan fingerprint density at radius 2 is 1.71 bits per heavy atom. The number of halogens is 4. The fourth-order valence-electron chi connectivity index (χ4n) is 3.39. The van der Waals surface area contributed by atoms with Crippen LogP contribution in [0.2, 0.25) is 0 Å². The number of amides is 1. The number of carboxylic acids is 1. The van der Waals surface area contributed by atoms with Crippen molar-refractivity contribution in [1.82, 2.24) is 0 Å². The summed E-state index contributed by atoms with van der Waals surface area (Å²) in [5, 5.41) is 13.8. The van der Waals surface area contributed by atoms with E-state index in [1.165, 1.54) is 11.3 Å². The minimum absolute atomic E-state index is 0.00958. The molecule has 1 saturated carbocycles. The molecule has 0 unspecified atom stereocenters. The number of carbonyl (C=O) groups excluding carboxylic acids is 1. The third-order valence-electron chi connectivity index (χ3n) is 4.93. The summed E-state index contributed by atoms with van der Waals surface area (Å²) < 4.78 is 39.2. The van der Waals surface area contributed by atoms with E-state index >= 15 is 0 Å². The van der Waals surface area contributed by atoms with Crippen molar-refractivity contribution in [2.75, 3.05) is 5.32 Å². The Bertz CT molecular complexity index is 872. The molecule has 28 heavy (non-hydrogen) atoms. The molecule has 150 valence electrons. The lowest BCUT2D eigenvalue weighted by molar-refractivity contribution is -0.184. The second-order valence-corrected chi connectivity index (χ2v) is 8.54. The average molecular weight is 476 g/mol. The van der Waals surface area contributed by atoms with Crippen molar-refractivity contribution in [3.63, 3.8) is 0 Å². The molecule has 0 saturated heterocycles. The minimum atomic E-state index is -4.23. The molecular weight excluding hydrogens is 459 g/mol. The quantitative estimate of drug-likeness (QED) is 0.554. The summed E-state index contributed by atoms with van der Waals surface area (Å²) in [7, 11) is 0. The number of rotatable bonds is 4. The Morgan fingerprint density at radius 1 is 1.11 bits per heavy atom. The van der Waals surface area contributed by atoms with Crippen LogP contribution in [-0.4, -0.2) is 23.2 Å². The van der Waals surface area contributed by atoms with Gasteiger partial charge in [-0.15, -0.1) is 11.3 Å². The Hall–Kier alpha value is -1.87. The Balaban J connectivity index is 1.75. The molecule has 9 heteroatoms. The predicted octanol–water partition coefficient (Wildman–Crippen LogP) is 6.18. The number of benzene rings is 1. The molecule has 1 amide bonds. The summed E-state index contributed by atoms with van der Waals surface area (Å²) in [6.45, 7) is 0. The number of carboxylic acid groups (broad SMARTS) is 1. The summed E-state index contributed by atoms with van der Waals surface area (Å²) >= 11 is 4.52. The average Bonchev–Trinajstić information content (AvgIpc) is 3.05. The molecule has 0 bridgehead atoms. The Morgan fingerprint density at radius 3 is 2.25 bits per heavy atom. The monoisotopic (exact) mass is 475 g/mol. The lowest BCUT2D eigenvalue weighted by Gasteiger charge is -2.29. The van der Waals surface area contributed by atoms with Gasteiger partial charge in [-0.2, -0.15) is 13.2 Å². The zero-order valence-corrected chi connectivity index (χ0v) is 17.0. The van der Waals surface area contributed by atoms with E-state index < -0.39 is 29.9 Å². The second-order valence-electron chi connectivity index (χ2n) is 6.74. The van der Waals surface area contributed by atoms with Gasteiger partial charge in [0.2, 0.25) is 5.91 Å². The number of hydrogen-bond acceptors (Lipinski definition) is 3. The first-order valence-corrected chi connectivity index (χ1v) is 10.3. The van der Waals surface area contributed by atoms with Gasteiger partial charge in [0, 0.05) is 15.8 Å². The molecule has 1 fully saturated rings. The molecule has 0 aliphatic heterocycles. The van der Waals surface area contributed by atoms with Crippen LogP contribution < -0.4 is 5.32 Å². The van der Waals surface area contributed by atoms with Crippen molar-refractivity contribution >= 4 is 44.8 Å². The Kier molecular flexibility index (Phi) is 6.14. The van der Waals surface area contributed by atoms with Gasteiger partial charge in [0.1, 0.15) is 5.56 Å². The van der Waals surface area contributed by atoms with Crippen LogP contribution >= 0.6 is 27.3 Å². The molecule has 4 nitrogen and oxygen atoms in total. The van der Waals surface area contributed by atoms with Crippen LogP contribution in [0.3, 0.4) is 0 Å². The first-order valence-electron chi connectivity index (χ1n) is 8.65. The molecule has 1 heterocycles. The molecule has 1 aliphatic carbocycles. The van der Waals surface area contributed by atoms with Gasteiger partial charge in [-0.25, -0.2) is 4.79 Å². The molecule has 1 aromatic carbocycles. The molecule has 1 aliphatic rings. The maximum absolute atomic E-state index is 12.8. The van der Waals surface area contributed by atoms with Crippen LogP contribution in [0.1, 0.15) is 36.0 Å². The molecular formula is C19H17BrF3NO3S. The number of nitrogens with one attached hydrogen (secondary N) is 1. The van der Waals surface area contributed by atoms with E-state index in [-0.39, 0.29) is 36.9 Å². The van der Waals surface area contributed by atoms with Crippen LogP contribution in [0.15, 0.2) is 34.1 Å². The van der Waals surface area contributed by atoms with Gasteiger partial charge >= 0.3 is 12.1 Å². The summed E-state index contributed by atoms with van der Waals surface area (Å²) in [5.74, 6) is -3.51. The Labute approximate surface area is 171 Å². The van der Waals surface area contributed by atoms with Crippen LogP contribution in [0.5, 0.6) is 0 Å². The summed E-state index contributed by atoms with van der Waals surface area (Å²) in [6, 6.07) is 7.12. The highest BCUT2D eigenvalue weighted by Gasteiger charge is 2.42. The van der Waals surface area contributed by atoms with Gasteiger partial charge in [0.15, 0.2) is 0 Å². The largest absolute Gasteiger partial charge is 0.478 e. The number of thiophene rings is 1. The van der Waals surface area contributed by atoms with Gasteiger partial charge < -0.3 is 10.4 Å². The van der Waals surface area contributed by atoms with E-state index in [0.29, 0.717) is 10.4 Å². The molecule has 1 aromatic heterocycles. The van der Waals surface area contributed by atoms with E-state index in [4.69, 9.17) is 0 Å².